The molecule has 0 unspecified atom stereocenters. The molecule has 126 valence electrons. The van der Waals surface area contributed by atoms with Crippen molar-refractivity contribution in [2.75, 3.05) is 12.9 Å². The van der Waals surface area contributed by atoms with E-state index in [4.69, 9.17) is 4.74 Å². The highest BCUT2D eigenvalue weighted by molar-refractivity contribution is 7.85. The van der Waals surface area contributed by atoms with E-state index in [0.29, 0.717) is 10.5 Å². The number of hydrogen-bond acceptors (Lipinski definition) is 5. The lowest BCUT2D eigenvalue weighted by molar-refractivity contribution is -0.142. The number of pyridine rings is 1. The van der Waals surface area contributed by atoms with Gasteiger partial charge in [0.15, 0.2) is 0 Å². The molecule has 0 saturated heterocycles. The summed E-state index contributed by atoms with van der Waals surface area (Å²) in [6, 6.07) is 11.3. The first-order valence-electron chi connectivity index (χ1n) is 7.34. The van der Waals surface area contributed by atoms with Crippen molar-refractivity contribution in [1.29, 1.82) is 0 Å². The standard InChI is InChI=1S/C17H18N2O4S/c1-23-17(21)15(19-16(20)13-6-5-10-18-12-13)9-11-24(22)14-7-3-2-4-8-14/h2-8,10,12,15H,9,11H2,1H3,(H,19,20)/t15-,24+/m1/s1. The third-order valence-electron chi connectivity index (χ3n) is 3.31. The fraction of sp³-hybridized carbons (Fsp3) is 0.235. The van der Waals surface area contributed by atoms with E-state index in [2.05, 4.69) is 10.3 Å². The van der Waals surface area contributed by atoms with E-state index in [1.165, 1.54) is 13.3 Å². The van der Waals surface area contributed by atoms with Crippen LogP contribution in [0.4, 0.5) is 0 Å². The molecule has 1 heterocycles. The van der Waals surface area contributed by atoms with Crippen molar-refractivity contribution in [2.45, 2.75) is 17.4 Å². The predicted molar refractivity (Wildman–Crippen MR) is 89.8 cm³/mol. The number of amides is 1. The molecule has 0 aliphatic heterocycles. The van der Waals surface area contributed by atoms with Gasteiger partial charge in [-0.15, -0.1) is 0 Å². The first-order valence-corrected chi connectivity index (χ1v) is 8.66. The van der Waals surface area contributed by atoms with Crippen LogP contribution in [0.15, 0.2) is 59.8 Å². The molecule has 0 fully saturated rings. The lowest BCUT2D eigenvalue weighted by Crippen LogP contribution is -2.42. The van der Waals surface area contributed by atoms with Crippen molar-refractivity contribution >= 4 is 22.7 Å². The van der Waals surface area contributed by atoms with Crippen molar-refractivity contribution in [3.05, 3.63) is 60.4 Å². The van der Waals surface area contributed by atoms with Crippen molar-refractivity contribution in [1.82, 2.24) is 10.3 Å². The van der Waals surface area contributed by atoms with Crippen LogP contribution in [0.2, 0.25) is 0 Å². The van der Waals surface area contributed by atoms with Gasteiger partial charge in [-0.25, -0.2) is 4.79 Å². The second kappa shape index (κ2) is 8.93. The first-order chi connectivity index (χ1) is 11.6. The van der Waals surface area contributed by atoms with Crippen molar-refractivity contribution in [3.63, 3.8) is 0 Å². The molecule has 7 heteroatoms. The Hall–Kier alpha value is -2.54. The predicted octanol–water partition coefficient (Wildman–Crippen LogP) is 1.55. The Morgan fingerprint density at radius 1 is 1.21 bits per heavy atom. The SMILES string of the molecule is COC(=O)[C@@H](CC[S@](=O)c1ccccc1)NC(=O)c1cccnc1. The average Bonchev–Trinajstić information content (AvgIpc) is 2.65. The highest BCUT2D eigenvalue weighted by Gasteiger charge is 2.23. The third kappa shape index (κ3) is 4.99. The molecule has 0 spiro atoms. The number of hydrogen-bond donors (Lipinski definition) is 1. The summed E-state index contributed by atoms with van der Waals surface area (Å²) in [7, 11) is -0.00353. The van der Waals surface area contributed by atoms with Crippen molar-refractivity contribution in [2.24, 2.45) is 0 Å². The molecule has 0 aliphatic carbocycles. The fourth-order valence-electron chi connectivity index (χ4n) is 2.04. The number of nitrogens with zero attached hydrogens (tertiary/aromatic N) is 1. The number of ether oxygens (including phenoxy) is 1. The molecular formula is C17H18N2O4S. The van der Waals surface area contributed by atoms with Crippen LogP contribution < -0.4 is 5.32 Å². The van der Waals surface area contributed by atoms with Crippen LogP contribution >= 0.6 is 0 Å². The molecule has 6 nitrogen and oxygen atoms in total. The maximum atomic E-state index is 12.3. The molecule has 1 amide bonds. The second-order valence-corrected chi connectivity index (χ2v) is 6.51. The van der Waals surface area contributed by atoms with Gasteiger partial charge in [0, 0.05) is 23.0 Å². The minimum absolute atomic E-state index is 0.209. The summed E-state index contributed by atoms with van der Waals surface area (Å²) in [6.07, 6.45) is 3.17. The zero-order chi connectivity index (χ0) is 17.4. The molecule has 1 aromatic heterocycles. The van der Waals surface area contributed by atoms with Gasteiger partial charge in [0.05, 0.1) is 23.5 Å². The summed E-state index contributed by atoms with van der Waals surface area (Å²) in [5, 5.41) is 2.60. The van der Waals surface area contributed by atoms with Gasteiger partial charge in [0.25, 0.3) is 5.91 Å². The molecule has 24 heavy (non-hydrogen) atoms. The molecule has 0 bridgehead atoms. The quantitative estimate of drug-likeness (QED) is 0.769. The van der Waals surface area contributed by atoms with Crippen LogP contribution in [-0.2, 0) is 20.3 Å². The Labute approximate surface area is 142 Å². The average molecular weight is 346 g/mol. The summed E-state index contributed by atoms with van der Waals surface area (Å²) >= 11 is 0. The maximum Gasteiger partial charge on any atom is 0.328 e. The largest absolute Gasteiger partial charge is 0.467 e. The summed E-state index contributed by atoms with van der Waals surface area (Å²) in [5.74, 6) is -0.766. The molecule has 0 saturated carbocycles. The number of rotatable bonds is 7. The number of esters is 1. The van der Waals surface area contributed by atoms with Crippen LogP contribution in [0.25, 0.3) is 0 Å². The Bertz CT molecular complexity index is 707. The molecular weight excluding hydrogens is 328 g/mol. The maximum absolute atomic E-state index is 12.3. The smallest absolute Gasteiger partial charge is 0.328 e. The normalized spacial score (nSPS) is 12.9. The Morgan fingerprint density at radius 3 is 2.58 bits per heavy atom. The minimum atomic E-state index is -1.25. The topological polar surface area (TPSA) is 85.4 Å². The molecule has 1 N–H and O–H groups in total. The Morgan fingerprint density at radius 2 is 1.96 bits per heavy atom. The monoisotopic (exact) mass is 346 g/mol. The fourth-order valence-corrected chi connectivity index (χ4v) is 3.19. The summed E-state index contributed by atoms with van der Waals surface area (Å²) < 4.78 is 17.0. The Kier molecular flexibility index (Phi) is 6.62. The van der Waals surface area contributed by atoms with Crippen LogP contribution in [0.1, 0.15) is 16.8 Å². The molecule has 1 aromatic carbocycles. The van der Waals surface area contributed by atoms with Gasteiger partial charge >= 0.3 is 5.97 Å². The van der Waals surface area contributed by atoms with Gasteiger partial charge in [-0.3, -0.25) is 14.0 Å². The first kappa shape index (κ1) is 17.8. The lowest BCUT2D eigenvalue weighted by atomic mass is 10.2. The second-order valence-electron chi connectivity index (χ2n) is 4.94. The van der Waals surface area contributed by atoms with Crippen LogP contribution in [0.5, 0.6) is 0 Å². The van der Waals surface area contributed by atoms with E-state index in [1.807, 2.05) is 6.07 Å². The number of carbonyl (C=O) groups excluding carboxylic acids is 2. The number of aromatic nitrogens is 1. The van der Waals surface area contributed by atoms with E-state index in [-0.39, 0.29) is 12.2 Å². The van der Waals surface area contributed by atoms with E-state index >= 15 is 0 Å². The highest BCUT2D eigenvalue weighted by atomic mass is 32.2. The summed E-state index contributed by atoms with van der Waals surface area (Å²) in [6.45, 7) is 0. The van der Waals surface area contributed by atoms with Gasteiger partial charge in [-0.1, -0.05) is 18.2 Å². The van der Waals surface area contributed by atoms with Crippen molar-refractivity contribution in [3.8, 4) is 0 Å². The number of nitrogens with one attached hydrogen (secondary N) is 1. The van der Waals surface area contributed by atoms with Gasteiger partial charge in [0.2, 0.25) is 0 Å². The van der Waals surface area contributed by atoms with E-state index < -0.39 is 28.7 Å². The minimum Gasteiger partial charge on any atom is -0.467 e. The zero-order valence-corrected chi connectivity index (χ0v) is 14.0. The third-order valence-corrected chi connectivity index (χ3v) is 4.72. The Balaban J connectivity index is 2.00. The van der Waals surface area contributed by atoms with Crippen molar-refractivity contribution < 1.29 is 18.5 Å². The summed E-state index contributed by atoms with van der Waals surface area (Å²) in [5.41, 5.74) is 0.343. The highest BCUT2D eigenvalue weighted by Crippen LogP contribution is 2.09. The molecule has 2 rings (SSSR count). The van der Waals surface area contributed by atoms with Crippen LogP contribution in [-0.4, -0.2) is 40.0 Å². The molecule has 0 aliphatic rings. The zero-order valence-electron chi connectivity index (χ0n) is 13.2. The summed E-state index contributed by atoms with van der Waals surface area (Å²) in [4.78, 5) is 28.6. The number of methoxy groups -OCH3 is 1. The van der Waals surface area contributed by atoms with Gasteiger partial charge in [-0.05, 0) is 30.7 Å². The number of benzene rings is 1. The van der Waals surface area contributed by atoms with E-state index in [9.17, 15) is 13.8 Å². The van der Waals surface area contributed by atoms with Gasteiger partial charge in [0.1, 0.15) is 6.04 Å². The lowest BCUT2D eigenvalue weighted by Gasteiger charge is -2.16. The van der Waals surface area contributed by atoms with E-state index in [0.717, 1.165) is 0 Å². The molecule has 2 aromatic rings. The number of carbonyl (C=O) groups is 2. The van der Waals surface area contributed by atoms with E-state index in [1.54, 1.807) is 42.6 Å². The molecule has 2 atom stereocenters. The van der Waals surface area contributed by atoms with Crippen LogP contribution in [0.3, 0.4) is 0 Å². The van der Waals surface area contributed by atoms with Crippen LogP contribution in [0, 0.1) is 0 Å². The molecule has 0 radical (unpaired) electrons. The van der Waals surface area contributed by atoms with Gasteiger partial charge < -0.3 is 10.1 Å². The van der Waals surface area contributed by atoms with Gasteiger partial charge in [-0.2, -0.15) is 0 Å².